The first-order valence-corrected chi connectivity index (χ1v) is 20.3. The number of hydrogen-bond acceptors (Lipinski definition) is 12. The van der Waals surface area contributed by atoms with Crippen molar-refractivity contribution >= 4 is 57.1 Å². The monoisotopic (exact) mass is 782 g/mol. The van der Waals surface area contributed by atoms with Gasteiger partial charge in [0.1, 0.15) is 36.0 Å². The first kappa shape index (κ1) is 45.6. The highest BCUT2D eigenvalue weighted by Crippen LogP contribution is 2.38. The largest absolute Gasteiger partial charge is 0.508 e. The summed E-state index contributed by atoms with van der Waals surface area (Å²) in [7, 11) is 2.42. The second-order valence-corrected chi connectivity index (χ2v) is 17.2. The minimum absolute atomic E-state index is 0.00580. The summed E-state index contributed by atoms with van der Waals surface area (Å²) in [6, 6.07) is -0.886. The molecular weight excluding hydrogens is 725 g/mol. The fourth-order valence-electron chi connectivity index (χ4n) is 5.45. The first-order valence-electron chi connectivity index (χ1n) is 18.0. The second kappa shape index (κ2) is 22.6. The van der Waals surface area contributed by atoms with Crippen LogP contribution in [0.2, 0.25) is 0 Å². The lowest BCUT2D eigenvalue weighted by Crippen LogP contribution is -2.61. The molecule has 1 aliphatic rings. The van der Waals surface area contributed by atoms with E-state index in [1.807, 2.05) is 13.8 Å². The van der Waals surface area contributed by atoms with Gasteiger partial charge < -0.3 is 54.0 Å². The van der Waals surface area contributed by atoms with Gasteiger partial charge in [0, 0.05) is 16.9 Å². The van der Waals surface area contributed by atoms with Crippen LogP contribution in [0.1, 0.15) is 78.2 Å². The number of hydrogen-bond donors (Lipinski definition) is 10. The third-order valence-electron chi connectivity index (χ3n) is 8.66. The van der Waals surface area contributed by atoms with Crippen LogP contribution in [-0.4, -0.2) is 106 Å². The molecule has 0 bridgehead atoms. The second-order valence-electron chi connectivity index (χ2n) is 14.2. The van der Waals surface area contributed by atoms with Gasteiger partial charge in [0.2, 0.25) is 29.5 Å². The first-order chi connectivity index (χ1) is 25.0. The molecule has 53 heavy (non-hydrogen) atoms. The fourth-order valence-corrected chi connectivity index (χ4v) is 8.24. The van der Waals surface area contributed by atoms with Crippen molar-refractivity contribution in [3.05, 3.63) is 29.8 Å². The number of rotatable bonds is 17. The van der Waals surface area contributed by atoms with Gasteiger partial charge in [0.05, 0.1) is 6.04 Å². The van der Waals surface area contributed by atoms with Crippen LogP contribution in [0.3, 0.4) is 0 Å². The molecule has 1 heterocycles. The average Bonchev–Trinajstić information content (AvgIpc) is 3.09. The van der Waals surface area contributed by atoms with Crippen molar-refractivity contribution in [3.8, 4) is 5.75 Å². The molecule has 1 aliphatic heterocycles. The van der Waals surface area contributed by atoms with E-state index in [0.717, 1.165) is 0 Å². The molecule has 1 aromatic carbocycles. The number of phenols is 1. The minimum Gasteiger partial charge on any atom is -0.508 e. The summed E-state index contributed by atoms with van der Waals surface area (Å²) in [6.45, 7) is 7.89. The van der Waals surface area contributed by atoms with Crippen molar-refractivity contribution in [3.63, 3.8) is 0 Å². The van der Waals surface area contributed by atoms with E-state index in [1.165, 1.54) is 33.7 Å². The Kier molecular flexibility index (Phi) is 19.4. The molecule has 2 rings (SSSR count). The van der Waals surface area contributed by atoms with Crippen LogP contribution in [0.25, 0.3) is 0 Å². The maximum Gasteiger partial charge on any atom is 0.326 e. The van der Waals surface area contributed by atoms with Crippen molar-refractivity contribution in [2.75, 3.05) is 18.8 Å². The molecule has 0 spiro atoms. The smallest absolute Gasteiger partial charge is 0.326 e. The number of carbonyl (C=O) groups is 6. The normalized spacial score (nSPS) is 22.4. The standard InChI is InChI=1S/C35H58N8O8S2/c1-20(2)17-26(34(50)51)42-31(47)25(18-21-11-13-22(44)14-12-21)41-32(48)27-19-52-53-35(3,4)28(38)33(49)40-24(10-6-8-16-37)29(45)39-23(30(46)43-27)9-5-7-15-36/h11-14,20,23-28,44H,5-10,15-19,36-38H2,1-4H3,(H,39,45)(H,40,49)(H,41,48)(H,42,47)(H,43,46)(H,50,51)/t23-,24-,25-,26-,27-,28+/m0/s1. The molecule has 1 saturated heterocycles. The summed E-state index contributed by atoms with van der Waals surface area (Å²) in [5.41, 5.74) is 18.3. The maximum absolute atomic E-state index is 14.1. The number of nitrogens with two attached hydrogens (primary N) is 3. The van der Waals surface area contributed by atoms with Gasteiger partial charge in [-0.25, -0.2) is 4.79 Å². The van der Waals surface area contributed by atoms with E-state index >= 15 is 0 Å². The summed E-state index contributed by atoms with van der Waals surface area (Å²) in [4.78, 5) is 80.5. The number of carboxylic acids is 1. The van der Waals surface area contributed by atoms with E-state index in [4.69, 9.17) is 17.2 Å². The van der Waals surface area contributed by atoms with Crippen LogP contribution in [0.4, 0.5) is 0 Å². The van der Waals surface area contributed by atoms with E-state index in [2.05, 4.69) is 26.6 Å². The molecule has 13 N–H and O–H groups in total. The highest BCUT2D eigenvalue weighted by molar-refractivity contribution is 8.77. The van der Waals surface area contributed by atoms with Crippen LogP contribution >= 0.6 is 21.6 Å². The zero-order valence-corrected chi connectivity index (χ0v) is 32.7. The van der Waals surface area contributed by atoms with E-state index in [9.17, 15) is 39.0 Å². The average molecular weight is 783 g/mol. The van der Waals surface area contributed by atoms with E-state index < -0.39 is 76.5 Å². The highest BCUT2D eigenvalue weighted by atomic mass is 33.1. The molecule has 0 aliphatic carbocycles. The summed E-state index contributed by atoms with van der Waals surface area (Å²) >= 11 is 0. The summed E-state index contributed by atoms with van der Waals surface area (Å²) < 4.78 is -0.892. The quantitative estimate of drug-likeness (QED) is 0.0751. The summed E-state index contributed by atoms with van der Waals surface area (Å²) in [5.74, 6) is -4.59. The van der Waals surface area contributed by atoms with Crippen LogP contribution in [0.15, 0.2) is 24.3 Å². The van der Waals surface area contributed by atoms with Crippen molar-refractivity contribution in [2.24, 2.45) is 23.1 Å². The van der Waals surface area contributed by atoms with Gasteiger partial charge >= 0.3 is 5.97 Å². The summed E-state index contributed by atoms with van der Waals surface area (Å²) in [5, 5.41) is 33.1. The maximum atomic E-state index is 14.1. The molecule has 0 radical (unpaired) electrons. The van der Waals surface area contributed by atoms with Crippen molar-refractivity contribution in [1.82, 2.24) is 26.6 Å². The molecule has 16 nitrogen and oxygen atoms in total. The molecule has 1 aromatic rings. The zero-order chi connectivity index (χ0) is 39.7. The Morgan fingerprint density at radius 3 is 1.94 bits per heavy atom. The molecule has 0 unspecified atom stereocenters. The van der Waals surface area contributed by atoms with Crippen molar-refractivity contribution in [1.29, 1.82) is 0 Å². The van der Waals surface area contributed by atoms with E-state index in [-0.39, 0.29) is 43.1 Å². The molecule has 18 heteroatoms. The molecule has 1 fully saturated rings. The Labute approximate surface area is 319 Å². The SMILES string of the molecule is CC(C)C[C@H](NC(=O)[C@H](Cc1ccc(O)cc1)NC(=O)[C@@H]1CSSC(C)(C)[C@H](N)C(=O)N[C@@H](CCCCN)C(=O)N[C@@H](CCCCN)C(=O)N1)C(=O)O. The number of aromatic hydroxyl groups is 1. The predicted octanol–water partition coefficient (Wildman–Crippen LogP) is 0.248. The van der Waals surface area contributed by atoms with Gasteiger partial charge in [-0.1, -0.05) is 47.6 Å². The van der Waals surface area contributed by atoms with E-state index in [0.29, 0.717) is 44.3 Å². The number of phenolic OH excluding ortho intramolecular Hbond substituents is 1. The molecule has 298 valence electrons. The third-order valence-corrected chi connectivity index (χ3v) is 12.0. The number of amides is 5. The number of nitrogens with one attached hydrogen (secondary N) is 5. The molecule has 0 saturated carbocycles. The number of unbranched alkanes of at least 4 members (excludes halogenated alkanes) is 2. The number of carbonyl (C=O) groups excluding carboxylic acids is 5. The Hall–Kier alpha value is -3.58. The van der Waals surface area contributed by atoms with Gasteiger partial charge in [0.15, 0.2) is 0 Å². The third kappa shape index (κ3) is 15.7. The molecule has 5 amide bonds. The van der Waals surface area contributed by atoms with Crippen LogP contribution in [-0.2, 0) is 35.2 Å². The van der Waals surface area contributed by atoms with Gasteiger partial charge in [-0.2, -0.15) is 0 Å². The molecular formula is C35H58N8O8S2. The van der Waals surface area contributed by atoms with Crippen molar-refractivity contribution < 1.29 is 39.0 Å². The van der Waals surface area contributed by atoms with Crippen molar-refractivity contribution in [2.45, 2.75) is 120 Å². The number of benzene rings is 1. The van der Waals surface area contributed by atoms with Gasteiger partial charge in [-0.05, 0) is 95.5 Å². The topological polar surface area (TPSA) is 281 Å². The minimum atomic E-state index is -1.27. The van der Waals surface area contributed by atoms with Gasteiger partial charge in [0.25, 0.3) is 0 Å². The lowest BCUT2D eigenvalue weighted by molar-refractivity contribution is -0.142. The lowest BCUT2D eigenvalue weighted by atomic mass is 10.0. The Bertz CT molecular complexity index is 1380. The number of carboxylic acid groups (broad SMARTS) is 1. The Balaban J connectivity index is 2.49. The Morgan fingerprint density at radius 2 is 1.42 bits per heavy atom. The van der Waals surface area contributed by atoms with Gasteiger partial charge in [-0.3, -0.25) is 24.0 Å². The fraction of sp³-hybridized carbons (Fsp3) is 0.657. The molecule has 6 atom stereocenters. The highest BCUT2D eigenvalue weighted by Gasteiger charge is 2.38. The van der Waals surface area contributed by atoms with Gasteiger partial charge in [-0.15, -0.1) is 0 Å². The Morgan fingerprint density at radius 1 is 0.868 bits per heavy atom. The number of aliphatic carboxylic acids is 1. The predicted molar refractivity (Wildman–Crippen MR) is 206 cm³/mol. The lowest BCUT2D eigenvalue weighted by Gasteiger charge is -2.32. The van der Waals surface area contributed by atoms with Crippen LogP contribution in [0, 0.1) is 5.92 Å². The zero-order valence-electron chi connectivity index (χ0n) is 31.0. The molecule has 0 aromatic heterocycles. The summed E-state index contributed by atoms with van der Waals surface area (Å²) in [6.07, 6.45) is 2.74. The van der Waals surface area contributed by atoms with E-state index in [1.54, 1.807) is 26.0 Å². The van der Waals surface area contributed by atoms with Crippen LogP contribution in [0.5, 0.6) is 5.75 Å². The van der Waals surface area contributed by atoms with Crippen LogP contribution < -0.4 is 43.8 Å².